The van der Waals surface area contributed by atoms with Gasteiger partial charge in [-0.1, -0.05) is 19.4 Å². The molecule has 148 valence electrons. The summed E-state index contributed by atoms with van der Waals surface area (Å²) >= 11 is 0. The summed E-state index contributed by atoms with van der Waals surface area (Å²) in [6.07, 6.45) is 8.02. The van der Waals surface area contributed by atoms with Crippen LogP contribution in [0.1, 0.15) is 72.6 Å². The number of hydrogen-bond acceptors (Lipinski definition) is 4. The van der Waals surface area contributed by atoms with Gasteiger partial charge in [0.15, 0.2) is 5.78 Å². The molecule has 0 aliphatic heterocycles. The molecule has 0 unspecified atom stereocenters. The topological polar surface area (TPSA) is 60.4 Å². The van der Waals surface area contributed by atoms with Gasteiger partial charge >= 0.3 is 5.97 Å². The Bertz CT molecular complexity index is 722. The second-order valence-corrected chi connectivity index (χ2v) is 9.99. The molecule has 7 atom stereocenters. The van der Waals surface area contributed by atoms with Crippen LogP contribution in [0.25, 0.3) is 0 Å². The van der Waals surface area contributed by atoms with Crippen molar-refractivity contribution in [2.24, 2.45) is 34.5 Å². The van der Waals surface area contributed by atoms with Crippen molar-refractivity contribution >= 4 is 17.5 Å². The first-order chi connectivity index (χ1) is 12.7. The highest BCUT2D eigenvalue weighted by molar-refractivity contribution is 5.91. The Morgan fingerprint density at radius 1 is 1.11 bits per heavy atom. The molecule has 4 rings (SSSR count). The Labute approximate surface area is 162 Å². The molecule has 0 aromatic heterocycles. The number of Topliss-reactive ketones (excluding diaryl/α,β-unsaturated/α-hetero) is 1. The zero-order valence-electron chi connectivity index (χ0n) is 17.0. The van der Waals surface area contributed by atoms with Crippen LogP contribution in [0.2, 0.25) is 0 Å². The molecule has 0 heterocycles. The second kappa shape index (κ2) is 6.28. The molecule has 0 N–H and O–H groups in total. The van der Waals surface area contributed by atoms with Crippen molar-refractivity contribution in [1.29, 1.82) is 0 Å². The van der Waals surface area contributed by atoms with Gasteiger partial charge in [-0.15, -0.1) is 0 Å². The average molecular weight is 373 g/mol. The molecule has 4 heteroatoms. The van der Waals surface area contributed by atoms with Gasteiger partial charge in [0.25, 0.3) is 0 Å². The number of hydrogen-bond donors (Lipinski definition) is 0. The summed E-state index contributed by atoms with van der Waals surface area (Å²) in [5.41, 5.74) is 1.13. The number of carbonyl (C=O) groups is 3. The minimum absolute atomic E-state index is 0.0629. The molecule has 0 amide bonds. The van der Waals surface area contributed by atoms with E-state index in [0.717, 1.165) is 38.5 Å². The Kier molecular flexibility index (Phi) is 4.40. The van der Waals surface area contributed by atoms with Crippen LogP contribution in [-0.2, 0) is 19.1 Å². The molecular weight excluding hydrogens is 340 g/mol. The van der Waals surface area contributed by atoms with E-state index in [1.165, 1.54) is 12.5 Å². The molecule has 0 aromatic rings. The molecular formula is C23H32O4. The normalized spacial score (nSPS) is 46.0. The highest BCUT2D eigenvalue weighted by atomic mass is 16.5. The number of ketones is 2. The Morgan fingerprint density at radius 3 is 2.52 bits per heavy atom. The predicted octanol–water partition coefficient (Wildman–Crippen LogP) is 4.27. The first-order valence-corrected chi connectivity index (χ1v) is 10.6. The van der Waals surface area contributed by atoms with E-state index < -0.39 is 0 Å². The van der Waals surface area contributed by atoms with Crippen molar-refractivity contribution in [3.8, 4) is 0 Å². The van der Waals surface area contributed by atoms with Gasteiger partial charge in [0.05, 0.1) is 0 Å². The molecule has 0 bridgehead atoms. The van der Waals surface area contributed by atoms with Crippen molar-refractivity contribution in [3.63, 3.8) is 0 Å². The number of allylic oxidation sites excluding steroid dienone is 1. The minimum Gasteiger partial charge on any atom is -0.462 e. The third-order valence-corrected chi connectivity index (χ3v) is 8.68. The summed E-state index contributed by atoms with van der Waals surface area (Å²) in [6, 6.07) is 0. The number of esters is 1. The molecule has 3 saturated carbocycles. The third-order valence-electron chi connectivity index (χ3n) is 8.68. The quantitative estimate of drug-likeness (QED) is 0.679. The van der Waals surface area contributed by atoms with Gasteiger partial charge in [-0.2, -0.15) is 0 Å². The Morgan fingerprint density at radius 2 is 1.85 bits per heavy atom. The minimum atomic E-state index is -0.232. The fraction of sp³-hybridized carbons (Fsp3) is 0.783. The van der Waals surface area contributed by atoms with Crippen LogP contribution in [-0.4, -0.2) is 23.6 Å². The van der Waals surface area contributed by atoms with Gasteiger partial charge in [-0.05, 0) is 74.2 Å². The summed E-state index contributed by atoms with van der Waals surface area (Å²) < 4.78 is 5.94. The van der Waals surface area contributed by atoms with E-state index >= 15 is 0 Å². The van der Waals surface area contributed by atoms with E-state index in [4.69, 9.17) is 4.74 Å². The Balaban J connectivity index is 1.77. The zero-order chi connectivity index (χ0) is 19.6. The second-order valence-electron chi connectivity index (χ2n) is 9.99. The van der Waals surface area contributed by atoms with Gasteiger partial charge < -0.3 is 4.74 Å². The molecule has 0 radical (unpaired) electrons. The molecule has 0 aromatic carbocycles. The Hall–Kier alpha value is -1.45. The standard InChI is InChI=1S/C23H32O4/c1-13(24)18-7-8-19-17-6-5-15-11-16(26)9-10-22(15,3)21(17)20(27-14(2)25)12-23(18,19)4/h11,17-21H,5-10,12H2,1-4H3/t17-,18+,19-,20-,21+,22+,23-/m1/s1. The fourth-order valence-electron chi connectivity index (χ4n) is 7.64. The lowest BCUT2D eigenvalue weighted by molar-refractivity contribution is -0.176. The van der Waals surface area contributed by atoms with Crippen molar-refractivity contribution in [2.75, 3.05) is 0 Å². The zero-order valence-corrected chi connectivity index (χ0v) is 17.0. The maximum absolute atomic E-state index is 12.4. The van der Waals surface area contributed by atoms with E-state index in [1.807, 2.05) is 6.08 Å². The third kappa shape index (κ3) is 2.74. The summed E-state index contributed by atoms with van der Waals surface area (Å²) in [6.45, 7) is 7.77. The number of carbonyl (C=O) groups excluding carboxylic acids is 3. The number of rotatable bonds is 2. The lowest BCUT2D eigenvalue weighted by Crippen LogP contribution is -2.57. The van der Waals surface area contributed by atoms with E-state index in [9.17, 15) is 14.4 Å². The van der Waals surface area contributed by atoms with Crippen LogP contribution in [0, 0.1) is 34.5 Å². The van der Waals surface area contributed by atoms with Crippen LogP contribution in [0.3, 0.4) is 0 Å². The molecule has 0 saturated heterocycles. The monoisotopic (exact) mass is 372 g/mol. The van der Waals surface area contributed by atoms with Gasteiger partial charge in [0, 0.05) is 25.2 Å². The van der Waals surface area contributed by atoms with Crippen molar-refractivity contribution in [1.82, 2.24) is 0 Å². The summed E-state index contributed by atoms with van der Waals surface area (Å²) in [7, 11) is 0. The molecule has 4 aliphatic carbocycles. The maximum atomic E-state index is 12.4. The summed E-state index contributed by atoms with van der Waals surface area (Å²) in [5.74, 6) is 1.61. The van der Waals surface area contributed by atoms with Crippen LogP contribution in [0.4, 0.5) is 0 Å². The molecule has 0 spiro atoms. The van der Waals surface area contributed by atoms with Crippen LogP contribution < -0.4 is 0 Å². The van der Waals surface area contributed by atoms with Crippen molar-refractivity contribution < 1.29 is 19.1 Å². The largest absolute Gasteiger partial charge is 0.462 e. The van der Waals surface area contributed by atoms with Crippen molar-refractivity contribution in [2.45, 2.75) is 78.7 Å². The maximum Gasteiger partial charge on any atom is 0.302 e. The number of fused-ring (bicyclic) bond motifs is 5. The highest BCUT2D eigenvalue weighted by Gasteiger charge is 2.63. The molecule has 4 nitrogen and oxygen atoms in total. The highest BCUT2D eigenvalue weighted by Crippen LogP contribution is 2.67. The van der Waals surface area contributed by atoms with E-state index in [2.05, 4.69) is 13.8 Å². The van der Waals surface area contributed by atoms with Crippen LogP contribution in [0.15, 0.2) is 11.6 Å². The van der Waals surface area contributed by atoms with E-state index in [1.54, 1.807) is 6.92 Å². The van der Waals surface area contributed by atoms with Gasteiger partial charge in [-0.25, -0.2) is 0 Å². The molecule has 3 fully saturated rings. The molecule has 4 aliphatic rings. The first kappa shape index (κ1) is 18.9. The van der Waals surface area contributed by atoms with Gasteiger partial charge in [0.1, 0.15) is 11.9 Å². The number of ether oxygens (including phenoxy) is 1. The average Bonchev–Trinajstić information content (AvgIpc) is 2.91. The fourth-order valence-corrected chi connectivity index (χ4v) is 7.64. The summed E-state index contributed by atoms with van der Waals surface area (Å²) in [4.78, 5) is 36.4. The van der Waals surface area contributed by atoms with Gasteiger partial charge in [0.2, 0.25) is 0 Å². The van der Waals surface area contributed by atoms with E-state index in [0.29, 0.717) is 18.3 Å². The van der Waals surface area contributed by atoms with Crippen molar-refractivity contribution in [3.05, 3.63) is 11.6 Å². The SMILES string of the molecule is CC(=O)O[C@@H]1C[C@@]2(C)[C@H](CC[C@H]2C(C)=O)[C@H]2CCC3=CC(=O)CC[C@]3(C)[C@@H]21. The first-order valence-electron chi connectivity index (χ1n) is 10.6. The van der Waals surface area contributed by atoms with Crippen LogP contribution in [0.5, 0.6) is 0 Å². The summed E-state index contributed by atoms with van der Waals surface area (Å²) in [5, 5.41) is 0. The smallest absolute Gasteiger partial charge is 0.302 e. The molecule has 27 heavy (non-hydrogen) atoms. The lowest BCUT2D eigenvalue weighted by atomic mass is 9.46. The predicted molar refractivity (Wildman–Crippen MR) is 102 cm³/mol. The van der Waals surface area contributed by atoms with E-state index in [-0.39, 0.29) is 46.3 Å². The lowest BCUT2D eigenvalue weighted by Gasteiger charge is -2.60. The van der Waals surface area contributed by atoms with Gasteiger partial charge in [-0.3, -0.25) is 14.4 Å². The van der Waals surface area contributed by atoms with Crippen LogP contribution >= 0.6 is 0 Å².